The van der Waals surface area contributed by atoms with Crippen LogP contribution in [-0.2, 0) is 4.79 Å². The second kappa shape index (κ2) is 3.56. The number of carbonyl (C=O) groups excluding carboxylic acids is 3. The summed E-state index contributed by atoms with van der Waals surface area (Å²) in [5.74, 6) is -0.659. The third kappa shape index (κ3) is 1.74. The van der Waals surface area contributed by atoms with E-state index in [2.05, 4.69) is 5.32 Å². The quantitative estimate of drug-likeness (QED) is 0.560. The van der Waals surface area contributed by atoms with E-state index in [0.717, 1.165) is 4.90 Å². The molecule has 15 heavy (non-hydrogen) atoms. The molecule has 1 aliphatic heterocycles. The maximum atomic E-state index is 11.5. The molecule has 0 saturated carbocycles. The van der Waals surface area contributed by atoms with Gasteiger partial charge in [-0.05, 0) is 12.1 Å². The maximum absolute atomic E-state index is 11.5. The lowest BCUT2D eigenvalue weighted by Gasteiger charge is -2.09. The van der Waals surface area contributed by atoms with Crippen LogP contribution in [0.25, 0.3) is 0 Å². The predicted octanol–water partition coefficient (Wildman–Crippen LogP) is 0.0141. The molecule has 0 atom stereocenters. The summed E-state index contributed by atoms with van der Waals surface area (Å²) in [4.78, 5) is 34.6. The number of nitrogens with zero attached hydrogens (tertiary/aromatic N) is 1. The summed E-state index contributed by atoms with van der Waals surface area (Å²) in [6.45, 7) is -0.331. The molecule has 0 radical (unpaired) electrons. The molecule has 1 aromatic heterocycles. The van der Waals surface area contributed by atoms with Gasteiger partial charge in [-0.15, -0.1) is 0 Å². The molecule has 6 nitrogen and oxygen atoms in total. The van der Waals surface area contributed by atoms with Crippen LogP contribution in [0.15, 0.2) is 22.8 Å². The van der Waals surface area contributed by atoms with Gasteiger partial charge in [0.1, 0.15) is 0 Å². The van der Waals surface area contributed by atoms with Crippen LogP contribution in [0, 0.1) is 0 Å². The lowest BCUT2D eigenvalue weighted by molar-refractivity contribution is -0.124. The average molecular weight is 208 g/mol. The highest BCUT2D eigenvalue weighted by Gasteiger charge is 2.30. The highest BCUT2D eigenvalue weighted by atomic mass is 16.3. The molecule has 1 aromatic rings. The van der Waals surface area contributed by atoms with Crippen LogP contribution in [0.2, 0.25) is 0 Å². The first kappa shape index (κ1) is 9.45. The molecular weight excluding hydrogens is 200 g/mol. The first-order valence-electron chi connectivity index (χ1n) is 4.33. The van der Waals surface area contributed by atoms with E-state index in [1.54, 1.807) is 6.07 Å². The zero-order chi connectivity index (χ0) is 10.8. The highest BCUT2D eigenvalue weighted by Crippen LogP contribution is 2.05. The van der Waals surface area contributed by atoms with Crippen molar-refractivity contribution < 1.29 is 18.8 Å². The Hall–Kier alpha value is -2.11. The number of carbonyl (C=O) groups is 3. The van der Waals surface area contributed by atoms with Gasteiger partial charge in [0.15, 0.2) is 5.76 Å². The van der Waals surface area contributed by atoms with Crippen LogP contribution in [0.1, 0.15) is 10.6 Å². The van der Waals surface area contributed by atoms with Crippen molar-refractivity contribution in [2.75, 3.05) is 13.1 Å². The van der Waals surface area contributed by atoms with E-state index in [4.69, 9.17) is 4.42 Å². The summed E-state index contributed by atoms with van der Waals surface area (Å²) in [5, 5.41) is 2.32. The molecule has 2 rings (SSSR count). The van der Waals surface area contributed by atoms with Crippen molar-refractivity contribution in [3.05, 3.63) is 24.2 Å². The van der Waals surface area contributed by atoms with Crippen LogP contribution in [0.5, 0.6) is 0 Å². The molecule has 3 amide bonds. The maximum Gasteiger partial charge on any atom is 0.325 e. The normalized spacial score (nSPS) is 15.6. The molecular formula is C9H8N2O4. The van der Waals surface area contributed by atoms with Crippen molar-refractivity contribution in [1.82, 2.24) is 10.2 Å². The van der Waals surface area contributed by atoms with Gasteiger partial charge in [-0.2, -0.15) is 0 Å². The van der Waals surface area contributed by atoms with Crippen LogP contribution in [0.3, 0.4) is 0 Å². The summed E-state index contributed by atoms with van der Waals surface area (Å²) in [6.07, 6.45) is 1.36. The monoisotopic (exact) mass is 208 g/mol. The number of amides is 3. The SMILES string of the molecule is O=C(CN1C(=O)CNC1=O)c1ccco1. The van der Waals surface area contributed by atoms with E-state index in [0.29, 0.717) is 0 Å². The van der Waals surface area contributed by atoms with Gasteiger partial charge in [-0.1, -0.05) is 0 Å². The van der Waals surface area contributed by atoms with Gasteiger partial charge in [0.05, 0.1) is 19.4 Å². The van der Waals surface area contributed by atoms with Crippen LogP contribution in [-0.4, -0.2) is 35.7 Å². The molecule has 0 spiro atoms. The zero-order valence-corrected chi connectivity index (χ0v) is 7.73. The van der Waals surface area contributed by atoms with Crippen LogP contribution < -0.4 is 5.32 Å². The Morgan fingerprint density at radius 1 is 1.53 bits per heavy atom. The van der Waals surface area contributed by atoms with Crippen molar-refractivity contribution in [2.45, 2.75) is 0 Å². The molecule has 2 heterocycles. The van der Waals surface area contributed by atoms with Crippen LogP contribution >= 0.6 is 0 Å². The van der Waals surface area contributed by atoms with E-state index in [1.165, 1.54) is 12.3 Å². The molecule has 0 aliphatic carbocycles. The van der Waals surface area contributed by atoms with Gasteiger partial charge in [0.25, 0.3) is 0 Å². The van der Waals surface area contributed by atoms with Gasteiger partial charge < -0.3 is 9.73 Å². The van der Waals surface area contributed by atoms with Gasteiger partial charge in [0.2, 0.25) is 11.7 Å². The summed E-state index contributed by atoms with van der Waals surface area (Å²) >= 11 is 0. The number of hydrogen-bond acceptors (Lipinski definition) is 4. The molecule has 6 heteroatoms. The van der Waals surface area contributed by atoms with Crippen molar-refractivity contribution in [1.29, 1.82) is 0 Å². The predicted molar refractivity (Wildman–Crippen MR) is 48.2 cm³/mol. The lowest BCUT2D eigenvalue weighted by Crippen LogP contribution is -2.35. The molecule has 1 aliphatic rings. The summed E-state index contributed by atoms with van der Waals surface area (Å²) in [6, 6.07) is 2.51. The smallest absolute Gasteiger partial charge is 0.325 e. The van der Waals surface area contributed by atoms with E-state index in [1.807, 2.05) is 0 Å². The third-order valence-corrected chi connectivity index (χ3v) is 2.03. The van der Waals surface area contributed by atoms with Gasteiger partial charge in [-0.25, -0.2) is 4.79 Å². The number of furan rings is 1. The fourth-order valence-electron chi connectivity index (χ4n) is 1.27. The topological polar surface area (TPSA) is 79.6 Å². The minimum absolute atomic E-state index is 0.0513. The summed E-state index contributed by atoms with van der Waals surface area (Å²) in [5.41, 5.74) is 0. The molecule has 1 N–H and O–H groups in total. The van der Waals surface area contributed by atoms with Crippen molar-refractivity contribution >= 4 is 17.7 Å². The van der Waals surface area contributed by atoms with E-state index < -0.39 is 17.7 Å². The number of rotatable bonds is 3. The number of nitrogens with one attached hydrogen (secondary N) is 1. The average Bonchev–Trinajstić information content (AvgIpc) is 2.82. The Labute approximate surface area is 84.8 Å². The second-order valence-corrected chi connectivity index (χ2v) is 3.04. The molecule has 0 unspecified atom stereocenters. The first-order chi connectivity index (χ1) is 7.18. The Morgan fingerprint density at radius 2 is 2.33 bits per heavy atom. The largest absolute Gasteiger partial charge is 0.461 e. The van der Waals surface area contributed by atoms with Crippen molar-refractivity contribution in [3.8, 4) is 0 Å². The Bertz CT molecular complexity index is 394. The summed E-state index contributed by atoms with van der Waals surface area (Å²) in [7, 11) is 0. The van der Waals surface area contributed by atoms with Crippen molar-refractivity contribution in [3.63, 3.8) is 0 Å². The summed E-state index contributed by atoms with van der Waals surface area (Å²) < 4.78 is 4.86. The second-order valence-electron chi connectivity index (χ2n) is 3.04. The fraction of sp³-hybridized carbons (Fsp3) is 0.222. The van der Waals surface area contributed by atoms with E-state index in [-0.39, 0.29) is 18.8 Å². The molecule has 0 aromatic carbocycles. The molecule has 1 fully saturated rings. The Balaban J connectivity index is 2.06. The number of urea groups is 1. The fourth-order valence-corrected chi connectivity index (χ4v) is 1.27. The van der Waals surface area contributed by atoms with Gasteiger partial charge in [-0.3, -0.25) is 14.5 Å². The Morgan fingerprint density at radius 3 is 2.87 bits per heavy atom. The van der Waals surface area contributed by atoms with Crippen LogP contribution in [0.4, 0.5) is 4.79 Å². The highest BCUT2D eigenvalue weighted by molar-refractivity contribution is 6.07. The zero-order valence-electron chi connectivity index (χ0n) is 7.73. The number of ketones is 1. The van der Waals surface area contributed by atoms with E-state index >= 15 is 0 Å². The van der Waals surface area contributed by atoms with Gasteiger partial charge in [0, 0.05) is 0 Å². The molecule has 78 valence electrons. The molecule has 0 bridgehead atoms. The molecule has 1 saturated heterocycles. The Kier molecular flexibility index (Phi) is 2.24. The van der Waals surface area contributed by atoms with Crippen molar-refractivity contribution in [2.24, 2.45) is 0 Å². The van der Waals surface area contributed by atoms with E-state index in [9.17, 15) is 14.4 Å². The van der Waals surface area contributed by atoms with Gasteiger partial charge >= 0.3 is 6.03 Å². The minimum Gasteiger partial charge on any atom is -0.461 e. The third-order valence-electron chi connectivity index (χ3n) is 2.03. The standard InChI is InChI=1S/C9H8N2O4/c12-6(7-2-1-3-15-7)5-11-8(13)4-10-9(11)14/h1-3H,4-5H2,(H,10,14). The number of imide groups is 1. The number of Topliss-reactive ketones (excluding diaryl/α,β-unsaturated/α-hetero) is 1. The minimum atomic E-state index is -0.542. The number of hydrogen-bond donors (Lipinski definition) is 1. The lowest BCUT2D eigenvalue weighted by atomic mass is 10.3. The first-order valence-corrected chi connectivity index (χ1v) is 4.33.